The molecule has 5 nitrogen and oxygen atoms in total. The van der Waals surface area contributed by atoms with Crippen molar-refractivity contribution in [1.29, 1.82) is 0 Å². The molecular weight excluding hydrogens is 356 g/mol. The second-order valence-electron chi connectivity index (χ2n) is 5.88. The average Bonchev–Trinajstić information content (AvgIpc) is 2.74. The third kappa shape index (κ3) is 6.52. The first-order chi connectivity index (χ1) is 13.8. The van der Waals surface area contributed by atoms with E-state index in [2.05, 4.69) is 0 Å². The smallest absolute Gasteiger partial charge is 0.131 e. The molecule has 0 N–H and O–H groups in total. The standard InChI is InChI=1S/C23H24O5/c1-24-20-9-5-10-21(17-20)26-15-13-25-14-16-27-22-11-6-12-23(18-22)28-19-7-3-2-4-8-19/h2-12,17-18H,13-16H2,1H3. The predicted octanol–water partition coefficient (Wildman–Crippen LogP) is 4.96. The van der Waals surface area contributed by atoms with Crippen molar-refractivity contribution < 1.29 is 23.7 Å². The molecule has 0 aliphatic heterocycles. The van der Waals surface area contributed by atoms with Gasteiger partial charge in [0.2, 0.25) is 0 Å². The fourth-order valence-corrected chi connectivity index (χ4v) is 2.48. The molecular formula is C23H24O5. The molecule has 3 rings (SSSR count). The van der Waals surface area contributed by atoms with Crippen molar-refractivity contribution in [1.82, 2.24) is 0 Å². The molecule has 0 aromatic heterocycles. The average molecular weight is 380 g/mol. The number of ether oxygens (including phenoxy) is 5. The number of hydrogen-bond acceptors (Lipinski definition) is 5. The Morgan fingerprint density at radius 2 is 1.07 bits per heavy atom. The number of para-hydroxylation sites is 1. The van der Waals surface area contributed by atoms with Crippen LogP contribution >= 0.6 is 0 Å². The quantitative estimate of drug-likeness (QED) is 0.440. The van der Waals surface area contributed by atoms with Crippen LogP contribution in [0.3, 0.4) is 0 Å². The van der Waals surface area contributed by atoms with E-state index in [1.807, 2.05) is 78.9 Å². The van der Waals surface area contributed by atoms with Crippen LogP contribution in [0.2, 0.25) is 0 Å². The van der Waals surface area contributed by atoms with Crippen molar-refractivity contribution in [3.8, 4) is 28.7 Å². The third-order valence-electron chi connectivity index (χ3n) is 3.82. The first kappa shape index (κ1) is 19.6. The van der Waals surface area contributed by atoms with Gasteiger partial charge in [0.25, 0.3) is 0 Å². The lowest BCUT2D eigenvalue weighted by atomic mass is 10.3. The molecule has 0 aliphatic rings. The fourth-order valence-electron chi connectivity index (χ4n) is 2.48. The van der Waals surface area contributed by atoms with Crippen molar-refractivity contribution in [3.05, 3.63) is 78.9 Å². The number of rotatable bonds is 11. The monoisotopic (exact) mass is 380 g/mol. The minimum absolute atomic E-state index is 0.452. The molecule has 28 heavy (non-hydrogen) atoms. The van der Waals surface area contributed by atoms with Gasteiger partial charge in [0, 0.05) is 12.1 Å². The van der Waals surface area contributed by atoms with E-state index < -0.39 is 0 Å². The molecule has 0 fully saturated rings. The maximum absolute atomic E-state index is 5.80. The summed E-state index contributed by atoms with van der Waals surface area (Å²) in [6.07, 6.45) is 0. The Kier molecular flexibility index (Phi) is 7.58. The SMILES string of the molecule is COc1cccc(OCCOCCOc2cccc(Oc3ccccc3)c2)c1. The lowest BCUT2D eigenvalue weighted by molar-refractivity contribution is 0.0763. The number of hydrogen-bond donors (Lipinski definition) is 0. The molecule has 0 heterocycles. The van der Waals surface area contributed by atoms with Crippen LogP contribution in [-0.4, -0.2) is 33.5 Å². The lowest BCUT2D eigenvalue weighted by Gasteiger charge is -2.10. The molecule has 0 spiro atoms. The molecule has 0 bridgehead atoms. The Morgan fingerprint density at radius 1 is 0.536 bits per heavy atom. The minimum Gasteiger partial charge on any atom is -0.497 e. The van der Waals surface area contributed by atoms with Crippen molar-refractivity contribution >= 4 is 0 Å². The fraction of sp³-hybridized carbons (Fsp3) is 0.217. The lowest BCUT2D eigenvalue weighted by Crippen LogP contribution is -2.12. The third-order valence-corrected chi connectivity index (χ3v) is 3.82. The molecule has 0 aliphatic carbocycles. The van der Waals surface area contributed by atoms with Gasteiger partial charge in [-0.3, -0.25) is 0 Å². The molecule has 0 atom stereocenters. The largest absolute Gasteiger partial charge is 0.497 e. The van der Waals surface area contributed by atoms with Crippen LogP contribution in [-0.2, 0) is 4.74 Å². The summed E-state index contributed by atoms with van der Waals surface area (Å²) in [7, 11) is 1.63. The van der Waals surface area contributed by atoms with Gasteiger partial charge in [-0.25, -0.2) is 0 Å². The van der Waals surface area contributed by atoms with Gasteiger partial charge in [0.15, 0.2) is 0 Å². The number of methoxy groups -OCH3 is 1. The molecule has 0 amide bonds. The highest BCUT2D eigenvalue weighted by Crippen LogP contribution is 2.25. The Balaban J connectivity index is 1.32. The summed E-state index contributed by atoms with van der Waals surface area (Å²) in [5.41, 5.74) is 0. The Bertz CT molecular complexity index is 835. The van der Waals surface area contributed by atoms with E-state index in [0.29, 0.717) is 26.4 Å². The highest BCUT2D eigenvalue weighted by atomic mass is 16.5. The van der Waals surface area contributed by atoms with Gasteiger partial charge in [-0.15, -0.1) is 0 Å². The van der Waals surface area contributed by atoms with Gasteiger partial charge in [-0.05, 0) is 36.4 Å². The van der Waals surface area contributed by atoms with Gasteiger partial charge >= 0.3 is 0 Å². The predicted molar refractivity (Wildman–Crippen MR) is 108 cm³/mol. The van der Waals surface area contributed by atoms with Gasteiger partial charge in [-0.2, -0.15) is 0 Å². The second-order valence-corrected chi connectivity index (χ2v) is 5.88. The summed E-state index contributed by atoms with van der Waals surface area (Å²) >= 11 is 0. The van der Waals surface area contributed by atoms with Crippen molar-refractivity contribution in [2.75, 3.05) is 33.5 Å². The zero-order valence-electron chi connectivity index (χ0n) is 15.9. The van der Waals surface area contributed by atoms with Gasteiger partial charge in [0.05, 0.1) is 20.3 Å². The summed E-state index contributed by atoms with van der Waals surface area (Å²) in [6, 6.07) is 24.7. The van der Waals surface area contributed by atoms with E-state index in [9.17, 15) is 0 Å². The molecule has 0 radical (unpaired) electrons. The van der Waals surface area contributed by atoms with E-state index in [-0.39, 0.29) is 0 Å². The molecule has 5 heteroatoms. The normalized spacial score (nSPS) is 10.3. The zero-order chi connectivity index (χ0) is 19.4. The summed E-state index contributed by atoms with van der Waals surface area (Å²) in [5, 5.41) is 0. The topological polar surface area (TPSA) is 46.2 Å². The van der Waals surface area contributed by atoms with Crippen LogP contribution in [0.1, 0.15) is 0 Å². The van der Waals surface area contributed by atoms with Crippen LogP contribution in [0.4, 0.5) is 0 Å². The zero-order valence-corrected chi connectivity index (χ0v) is 15.9. The molecule has 146 valence electrons. The first-order valence-corrected chi connectivity index (χ1v) is 9.14. The van der Waals surface area contributed by atoms with Crippen molar-refractivity contribution in [2.24, 2.45) is 0 Å². The molecule has 3 aromatic carbocycles. The highest BCUT2D eigenvalue weighted by molar-refractivity contribution is 5.36. The van der Waals surface area contributed by atoms with E-state index in [4.69, 9.17) is 23.7 Å². The highest BCUT2D eigenvalue weighted by Gasteiger charge is 2.01. The van der Waals surface area contributed by atoms with Crippen LogP contribution in [0.15, 0.2) is 78.9 Å². The van der Waals surface area contributed by atoms with Crippen LogP contribution < -0.4 is 18.9 Å². The minimum atomic E-state index is 0.452. The van der Waals surface area contributed by atoms with E-state index in [0.717, 1.165) is 28.7 Å². The first-order valence-electron chi connectivity index (χ1n) is 9.14. The van der Waals surface area contributed by atoms with Crippen LogP contribution in [0.5, 0.6) is 28.7 Å². The van der Waals surface area contributed by atoms with E-state index in [1.54, 1.807) is 7.11 Å². The summed E-state index contributed by atoms with van der Waals surface area (Å²) < 4.78 is 27.8. The van der Waals surface area contributed by atoms with Gasteiger partial charge in [0.1, 0.15) is 42.0 Å². The second kappa shape index (κ2) is 10.8. The Hall–Kier alpha value is -3.18. The maximum atomic E-state index is 5.80. The van der Waals surface area contributed by atoms with Gasteiger partial charge < -0.3 is 23.7 Å². The van der Waals surface area contributed by atoms with Crippen molar-refractivity contribution in [2.45, 2.75) is 0 Å². The maximum Gasteiger partial charge on any atom is 0.131 e. The van der Waals surface area contributed by atoms with Crippen LogP contribution in [0.25, 0.3) is 0 Å². The molecule has 0 saturated carbocycles. The Morgan fingerprint density at radius 3 is 1.71 bits per heavy atom. The summed E-state index contributed by atoms with van der Waals surface area (Å²) in [6.45, 7) is 1.88. The van der Waals surface area contributed by atoms with Crippen molar-refractivity contribution in [3.63, 3.8) is 0 Å². The summed E-state index contributed by atoms with van der Waals surface area (Å²) in [5.74, 6) is 3.79. The van der Waals surface area contributed by atoms with Crippen LogP contribution in [0, 0.1) is 0 Å². The van der Waals surface area contributed by atoms with E-state index >= 15 is 0 Å². The molecule has 0 saturated heterocycles. The van der Waals surface area contributed by atoms with E-state index in [1.165, 1.54) is 0 Å². The number of benzene rings is 3. The Labute approximate surface area is 165 Å². The molecule has 0 unspecified atom stereocenters. The van der Waals surface area contributed by atoms with Gasteiger partial charge in [-0.1, -0.05) is 30.3 Å². The summed E-state index contributed by atoms with van der Waals surface area (Å²) in [4.78, 5) is 0. The molecule has 3 aromatic rings.